The third-order valence-corrected chi connectivity index (χ3v) is 8.68. The fourth-order valence-electron chi connectivity index (χ4n) is 5.82. The molecule has 6 rings (SSSR count). The summed E-state index contributed by atoms with van der Waals surface area (Å²) in [5.41, 5.74) is 7.01. The Morgan fingerprint density at radius 1 is 1.00 bits per heavy atom. The molecule has 2 aromatic carbocycles. The van der Waals surface area contributed by atoms with Crippen molar-refractivity contribution in [2.75, 3.05) is 19.5 Å². The van der Waals surface area contributed by atoms with Gasteiger partial charge in [-0.3, -0.25) is 9.67 Å². The Balaban J connectivity index is 1.71. The molecule has 8 heteroatoms. The molecule has 0 amide bonds. The molecule has 1 aliphatic rings. The average Bonchev–Trinajstić information content (AvgIpc) is 3.40. The van der Waals surface area contributed by atoms with Gasteiger partial charge < -0.3 is 9.30 Å². The van der Waals surface area contributed by atoms with Gasteiger partial charge in [-0.05, 0) is 61.1 Å². The van der Waals surface area contributed by atoms with Gasteiger partial charge in [-0.15, -0.1) is 0 Å². The number of fused-ring (bicyclic) bond motifs is 3. The predicted octanol–water partition coefficient (Wildman–Crippen LogP) is 5.32. The number of sulfone groups is 1. The van der Waals surface area contributed by atoms with Crippen molar-refractivity contribution in [2.24, 2.45) is 13.0 Å². The molecule has 1 saturated heterocycles. The van der Waals surface area contributed by atoms with Gasteiger partial charge in [-0.1, -0.05) is 30.3 Å². The molecule has 0 aliphatic carbocycles. The van der Waals surface area contributed by atoms with E-state index in [9.17, 15) is 8.42 Å². The fourth-order valence-corrected chi connectivity index (χ4v) is 6.46. The average molecular weight is 515 g/mol. The molecule has 1 aliphatic heterocycles. The van der Waals surface area contributed by atoms with E-state index in [1.807, 2.05) is 42.3 Å². The van der Waals surface area contributed by atoms with Crippen LogP contribution in [0, 0.1) is 12.8 Å². The predicted molar refractivity (Wildman–Crippen MR) is 145 cm³/mol. The molecule has 0 N–H and O–H groups in total. The van der Waals surface area contributed by atoms with E-state index in [-0.39, 0.29) is 6.04 Å². The van der Waals surface area contributed by atoms with Crippen LogP contribution in [0.3, 0.4) is 0 Å². The van der Waals surface area contributed by atoms with Crippen LogP contribution >= 0.6 is 0 Å². The summed E-state index contributed by atoms with van der Waals surface area (Å²) >= 11 is 0. The summed E-state index contributed by atoms with van der Waals surface area (Å²) in [6, 6.07) is 18.1. The molecule has 0 radical (unpaired) electrons. The molecule has 7 nitrogen and oxygen atoms in total. The zero-order chi connectivity index (χ0) is 25.7. The second kappa shape index (κ2) is 9.11. The standard InChI is InChI=1S/C29H30N4O3S/c1-19-17-31-32(2)28(19)22-15-26-27(30-18-22)24-10-9-23(37(3,34)35)16-25(24)33(26)29(20-7-5-4-6-8-20)21-11-13-36-14-12-21/h4-10,15-18,21,29H,11-14H2,1-3H3/t29-/m1/s1. The topological polar surface area (TPSA) is 79.0 Å². The van der Waals surface area contributed by atoms with E-state index in [0.29, 0.717) is 10.8 Å². The summed E-state index contributed by atoms with van der Waals surface area (Å²) in [5.74, 6) is 0.332. The lowest BCUT2D eigenvalue weighted by Gasteiger charge is -2.33. The van der Waals surface area contributed by atoms with Gasteiger partial charge in [0.05, 0.1) is 39.4 Å². The minimum Gasteiger partial charge on any atom is -0.381 e. The first-order valence-corrected chi connectivity index (χ1v) is 14.5. The van der Waals surface area contributed by atoms with E-state index in [4.69, 9.17) is 9.72 Å². The number of hydrogen-bond donors (Lipinski definition) is 0. The minimum absolute atomic E-state index is 0.00425. The molecule has 3 aromatic heterocycles. The highest BCUT2D eigenvalue weighted by molar-refractivity contribution is 7.90. The second-order valence-electron chi connectivity index (χ2n) is 10.0. The van der Waals surface area contributed by atoms with Gasteiger partial charge in [0, 0.05) is 43.7 Å². The lowest BCUT2D eigenvalue weighted by atomic mass is 9.86. The largest absolute Gasteiger partial charge is 0.381 e. The summed E-state index contributed by atoms with van der Waals surface area (Å²) in [4.78, 5) is 5.26. The molecule has 0 spiro atoms. The molecule has 0 unspecified atom stereocenters. The van der Waals surface area contributed by atoms with Gasteiger partial charge in [-0.2, -0.15) is 5.10 Å². The van der Waals surface area contributed by atoms with Crippen molar-refractivity contribution in [3.63, 3.8) is 0 Å². The number of rotatable bonds is 5. The Hall–Kier alpha value is -3.49. The van der Waals surface area contributed by atoms with Crippen LogP contribution in [0.1, 0.15) is 30.0 Å². The highest BCUT2D eigenvalue weighted by Crippen LogP contribution is 2.41. The summed E-state index contributed by atoms with van der Waals surface area (Å²) in [6.45, 7) is 3.49. The summed E-state index contributed by atoms with van der Waals surface area (Å²) in [5, 5.41) is 5.38. The Morgan fingerprint density at radius 2 is 1.76 bits per heavy atom. The van der Waals surface area contributed by atoms with Gasteiger partial charge in [-0.25, -0.2) is 8.42 Å². The zero-order valence-corrected chi connectivity index (χ0v) is 22.1. The van der Waals surface area contributed by atoms with Crippen molar-refractivity contribution in [3.05, 3.63) is 78.1 Å². The first-order valence-electron chi connectivity index (χ1n) is 12.6. The van der Waals surface area contributed by atoms with E-state index >= 15 is 0 Å². The van der Waals surface area contributed by atoms with Crippen LogP contribution < -0.4 is 0 Å². The smallest absolute Gasteiger partial charge is 0.175 e. The van der Waals surface area contributed by atoms with E-state index in [2.05, 4.69) is 46.9 Å². The maximum atomic E-state index is 12.6. The minimum atomic E-state index is -3.38. The molecule has 1 fully saturated rings. The molecule has 1 atom stereocenters. The lowest BCUT2D eigenvalue weighted by molar-refractivity contribution is 0.0553. The number of pyridine rings is 1. The highest BCUT2D eigenvalue weighted by atomic mass is 32.2. The van der Waals surface area contributed by atoms with Crippen LogP contribution in [-0.2, 0) is 21.6 Å². The second-order valence-corrected chi connectivity index (χ2v) is 12.0. The van der Waals surface area contributed by atoms with Gasteiger partial charge in [0.25, 0.3) is 0 Å². The van der Waals surface area contributed by atoms with Gasteiger partial charge in [0.1, 0.15) is 0 Å². The van der Waals surface area contributed by atoms with Crippen molar-refractivity contribution in [1.82, 2.24) is 19.3 Å². The van der Waals surface area contributed by atoms with Gasteiger partial charge >= 0.3 is 0 Å². The van der Waals surface area contributed by atoms with Crippen molar-refractivity contribution in [2.45, 2.75) is 30.7 Å². The quantitative estimate of drug-likeness (QED) is 0.317. The molecule has 5 aromatic rings. The first kappa shape index (κ1) is 23.9. The van der Waals surface area contributed by atoms with Crippen molar-refractivity contribution < 1.29 is 13.2 Å². The summed E-state index contributed by atoms with van der Waals surface area (Å²) in [6.07, 6.45) is 6.88. The summed E-state index contributed by atoms with van der Waals surface area (Å²) < 4.78 is 35.1. The maximum Gasteiger partial charge on any atom is 0.175 e. The third-order valence-electron chi connectivity index (χ3n) is 7.57. The normalized spacial score (nSPS) is 16.0. The number of nitrogens with zero attached hydrogens (tertiary/aromatic N) is 4. The molecule has 37 heavy (non-hydrogen) atoms. The van der Waals surface area contributed by atoms with Crippen LogP contribution in [0.15, 0.2) is 71.9 Å². The number of ether oxygens (including phenoxy) is 1. The van der Waals surface area contributed by atoms with Crippen molar-refractivity contribution >= 4 is 31.8 Å². The van der Waals surface area contributed by atoms with E-state index in [0.717, 1.165) is 64.8 Å². The third kappa shape index (κ3) is 4.14. The van der Waals surface area contributed by atoms with Crippen LogP contribution in [0.25, 0.3) is 33.2 Å². The number of hydrogen-bond acceptors (Lipinski definition) is 5. The molecular formula is C29H30N4O3S. The fraction of sp³-hybridized carbons (Fsp3) is 0.310. The van der Waals surface area contributed by atoms with Gasteiger partial charge in [0.15, 0.2) is 9.84 Å². The van der Waals surface area contributed by atoms with E-state index in [1.54, 1.807) is 6.07 Å². The highest BCUT2D eigenvalue weighted by Gasteiger charge is 2.30. The number of aromatic nitrogens is 4. The SMILES string of the molecule is Cc1cnn(C)c1-c1cnc2c3ccc(S(C)(=O)=O)cc3n([C@H](c3ccccc3)C3CCOCC3)c2c1. The van der Waals surface area contributed by atoms with E-state index in [1.165, 1.54) is 11.8 Å². The number of aryl methyl sites for hydroxylation is 2. The van der Waals surface area contributed by atoms with Crippen molar-refractivity contribution in [3.8, 4) is 11.3 Å². The maximum absolute atomic E-state index is 12.6. The van der Waals surface area contributed by atoms with Gasteiger partial charge in [0.2, 0.25) is 0 Å². The van der Waals surface area contributed by atoms with Crippen molar-refractivity contribution in [1.29, 1.82) is 0 Å². The molecule has 0 bridgehead atoms. The lowest BCUT2D eigenvalue weighted by Crippen LogP contribution is -2.27. The monoisotopic (exact) mass is 514 g/mol. The first-order chi connectivity index (χ1) is 17.8. The number of benzene rings is 2. The Bertz CT molecular complexity index is 1700. The Labute approximate surface area is 216 Å². The van der Waals surface area contributed by atoms with Crippen LogP contribution in [0.4, 0.5) is 0 Å². The Morgan fingerprint density at radius 3 is 2.43 bits per heavy atom. The zero-order valence-electron chi connectivity index (χ0n) is 21.3. The Kier molecular flexibility index (Phi) is 5.88. The summed E-state index contributed by atoms with van der Waals surface area (Å²) in [7, 11) is -1.44. The molecular weight excluding hydrogens is 484 g/mol. The van der Waals surface area contributed by atoms with E-state index < -0.39 is 9.84 Å². The molecule has 190 valence electrons. The molecule has 4 heterocycles. The van der Waals surface area contributed by atoms with Crippen LogP contribution in [0.2, 0.25) is 0 Å². The molecule has 0 saturated carbocycles. The van der Waals surface area contributed by atoms with Crippen LogP contribution in [0.5, 0.6) is 0 Å². The van der Waals surface area contributed by atoms with Crippen LogP contribution in [-0.4, -0.2) is 47.2 Å².